The molecule has 1 atom stereocenters. The van der Waals surface area contributed by atoms with Gasteiger partial charge in [-0.1, -0.05) is 0 Å². The molecule has 0 aromatic carbocycles. The highest BCUT2D eigenvalue weighted by molar-refractivity contribution is 6.20. The SMILES string of the molecule is CN(C)CC(N)Cl.Cl. The van der Waals surface area contributed by atoms with Gasteiger partial charge in [-0.25, -0.2) is 0 Å². The maximum Gasteiger partial charge on any atom is 0.0928 e. The van der Waals surface area contributed by atoms with Gasteiger partial charge in [0.25, 0.3) is 0 Å². The van der Waals surface area contributed by atoms with Gasteiger partial charge in [0.05, 0.1) is 5.50 Å². The van der Waals surface area contributed by atoms with E-state index in [1.54, 1.807) is 0 Å². The van der Waals surface area contributed by atoms with Crippen molar-refractivity contribution in [3.63, 3.8) is 0 Å². The zero-order valence-corrected chi connectivity index (χ0v) is 6.67. The fourth-order valence-corrected chi connectivity index (χ4v) is 0.625. The van der Waals surface area contributed by atoms with Crippen LogP contribution < -0.4 is 5.73 Å². The molecule has 52 valence electrons. The molecule has 0 aliphatic rings. The fraction of sp³-hybridized carbons (Fsp3) is 1.00. The Morgan fingerprint density at radius 3 is 2.00 bits per heavy atom. The summed E-state index contributed by atoms with van der Waals surface area (Å²) in [5, 5.41) is 0. The molecule has 2 nitrogen and oxygen atoms in total. The second kappa shape index (κ2) is 5.63. The van der Waals surface area contributed by atoms with E-state index in [1.807, 2.05) is 19.0 Å². The standard InChI is InChI=1S/C4H11ClN2.ClH/c1-7(2)3-4(5)6;/h4H,3,6H2,1-2H3;1H. The zero-order valence-electron chi connectivity index (χ0n) is 5.10. The average Bonchev–Trinajstić information content (AvgIpc) is 1.27. The maximum atomic E-state index is 5.41. The summed E-state index contributed by atoms with van der Waals surface area (Å²) in [5.74, 6) is 0. The average molecular weight is 159 g/mol. The first-order valence-corrected chi connectivity index (χ1v) is 2.61. The Labute approximate surface area is 61.4 Å². The van der Waals surface area contributed by atoms with Crippen molar-refractivity contribution in [2.24, 2.45) is 5.73 Å². The number of halogens is 2. The van der Waals surface area contributed by atoms with Crippen molar-refractivity contribution >= 4 is 24.0 Å². The number of alkyl halides is 1. The molecule has 0 spiro atoms. The van der Waals surface area contributed by atoms with Gasteiger partial charge in [0.2, 0.25) is 0 Å². The molecule has 2 N–H and O–H groups in total. The summed E-state index contributed by atoms with van der Waals surface area (Å²) >= 11 is 5.41. The predicted molar refractivity (Wildman–Crippen MR) is 39.6 cm³/mol. The van der Waals surface area contributed by atoms with Crippen molar-refractivity contribution in [1.29, 1.82) is 0 Å². The van der Waals surface area contributed by atoms with Gasteiger partial charge in [0.1, 0.15) is 0 Å². The predicted octanol–water partition coefficient (Wildman–Crippen LogP) is 0.493. The van der Waals surface area contributed by atoms with Crippen molar-refractivity contribution in [2.75, 3.05) is 20.6 Å². The first kappa shape index (κ1) is 11.3. The normalized spacial score (nSPS) is 13.1. The number of hydrogen-bond donors (Lipinski definition) is 1. The summed E-state index contributed by atoms with van der Waals surface area (Å²) < 4.78 is 0. The zero-order chi connectivity index (χ0) is 5.86. The Hall–Kier alpha value is 0.500. The van der Waals surface area contributed by atoms with Crippen LogP contribution in [0, 0.1) is 0 Å². The van der Waals surface area contributed by atoms with E-state index in [9.17, 15) is 0 Å². The molecule has 1 unspecified atom stereocenters. The molecule has 0 aromatic rings. The Bertz CT molecular complexity index is 41.3. The van der Waals surface area contributed by atoms with E-state index in [4.69, 9.17) is 17.3 Å². The van der Waals surface area contributed by atoms with E-state index in [2.05, 4.69) is 0 Å². The number of rotatable bonds is 2. The topological polar surface area (TPSA) is 29.3 Å². The summed E-state index contributed by atoms with van der Waals surface area (Å²) in [6.07, 6.45) is 0. The lowest BCUT2D eigenvalue weighted by Gasteiger charge is -2.09. The number of nitrogens with zero attached hydrogens (tertiary/aromatic N) is 1. The molecule has 0 heterocycles. The summed E-state index contributed by atoms with van der Waals surface area (Å²) in [7, 11) is 3.87. The van der Waals surface area contributed by atoms with Crippen molar-refractivity contribution in [3.05, 3.63) is 0 Å². The van der Waals surface area contributed by atoms with E-state index in [1.165, 1.54) is 0 Å². The lowest BCUT2D eigenvalue weighted by molar-refractivity contribution is 0.407. The smallest absolute Gasteiger partial charge is 0.0928 e. The van der Waals surface area contributed by atoms with Crippen molar-refractivity contribution < 1.29 is 0 Å². The van der Waals surface area contributed by atoms with Gasteiger partial charge in [0.15, 0.2) is 0 Å². The maximum absolute atomic E-state index is 5.41. The second-order valence-electron chi connectivity index (χ2n) is 1.78. The van der Waals surface area contributed by atoms with Gasteiger partial charge in [-0.2, -0.15) is 0 Å². The monoisotopic (exact) mass is 158 g/mol. The lowest BCUT2D eigenvalue weighted by atomic mass is 10.6. The fourth-order valence-electron chi connectivity index (χ4n) is 0.349. The van der Waals surface area contributed by atoms with Crippen LogP contribution in [0.25, 0.3) is 0 Å². The first-order valence-electron chi connectivity index (χ1n) is 2.17. The summed E-state index contributed by atoms with van der Waals surface area (Å²) in [6, 6.07) is 0. The van der Waals surface area contributed by atoms with E-state index >= 15 is 0 Å². The highest BCUT2D eigenvalue weighted by atomic mass is 35.5. The van der Waals surface area contributed by atoms with Crippen LogP contribution in [0.4, 0.5) is 0 Å². The van der Waals surface area contributed by atoms with E-state index in [-0.39, 0.29) is 17.9 Å². The molecule has 0 aliphatic heterocycles. The van der Waals surface area contributed by atoms with E-state index in [0.29, 0.717) is 0 Å². The Morgan fingerprint density at radius 1 is 1.62 bits per heavy atom. The molecule has 0 aromatic heterocycles. The van der Waals surface area contributed by atoms with Crippen LogP contribution in [0.2, 0.25) is 0 Å². The minimum atomic E-state index is -0.227. The Morgan fingerprint density at radius 2 is 2.00 bits per heavy atom. The van der Waals surface area contributed by atoms with E-state index < -0.39 is 0 Å². The molecule has 0 bridgehead atoms. The van der Waals surface area contributed by atoms with Gasteiger partial charge in [-0.05, 0) is 14.1 Å². The van der Waals surface area contributed by atoms with Crippen LogP contribution in [0.15, 0.2) is 0 Å². The van der Waals surface area contributed by atoms with Crippen LogP contribution in [-0.2, 0) is 0 Å². The quantitative estimate of drug-likeness (QED) is 0.469. The molecule has 0 radical (unpaired) electrons. The van der Waals surface area contributed by atoms with E-state index in [0.717, 1.165) is 6.54 Å². The minimum Gasteiger partial charge on any atom is -0.314 e. The molecule has 0 fully saturated rings. The summed E-state index contributed by atoms with van der Waals surface area (Å²) in [5.41, 5.74) is 4.99. The van der Waals surface area contributed by atoms with Crippen LogP contribution in [0.3, 0.4) is 0 Å². The van der Waals surface area contributed by atoms with Crippen LogP contribution >= 0.6 is 24.0 Å². The van der Waals surface area contributed by atoms with Crippen molar-refractivity contribution in [1.82, 2.24) is 4.90 Å². The molecule has 8 heavy (non-hydrogen) atoms. The van der Waals surface area contributed by atoms with Crippen LogP contribution in [0.1, 0.15) is 0 Å². The largest absolute Gasteiger partial charge is 0.314 e. The van der Waals surface area contributed by atoms with Crippen molar-refractivity contribution in [3.8, 4) is 0 Å². The second-order valence-corrected chi connectivity index (χ2v) is 2.34. The molecular weight excluding hydrogens is 147 g/mol. The molecule has 4 heteroatoms. The highest BCUT2D eigenvalue weighted by Crippen LogP contribution is 1.85. The van der Waals surface area contributed by atoms with Gasteiger partial charge in [-0.15, -0.1) is 24.0 Å². The van der Waals surface area contributed by atoms with Crippen molar-refractivity contribution in [2.45, 2.75) is 5.50 Å². The molecule has 0 amide bonds. The van der Waals surface area contributed by atoms with Gasteiger partial charge >= 0.3 is 0 Å². The number of nitrogens with two attached hydrogens (primary N) is 1. The Balaban J connectivity index is 0. The first-order chi connectivity index (χ1) is 3.13. The van der Waals surface area contributed by atoms with Gasteiger partial charge < -0.3 is 10.6 Å². The third kappa shape index (κ3) is 9.71. The highest BCUT2D eigenvalue weighted by Gasteiger charge is 1.94. The number of likely N-dealkylation sites (N-methyl/N-ethyl adjacent to an activating group) is 1. The molecular formula is C4H12Cl2N2. The summed E-state index contributed by atoms with van der Waals surface area (Å²) in [4.78, 5) is 1.94. The third-order valence-corrected chi connectivity index (χ3v) is 0.678. The van der Waals surface area contributed by atoms with Gasteiger partial charge in [-0.3, -0.25) is 0 Å². The van der Waals surface area contributed by atoms with Gasteiger partial charge in [0, 0.05) is 6.54 Å². The molecule has 0 rings (SSSR count). The number of hydrogen-bond acceptors (Lipinski definition) is 2. The molecule has 0 saturated carbocycles. The summed E-state index contributed by atoms with van der Waals surface area (Å²) in [6.45, 7) is 0.738. The Kier molecular flexibility index (Phi) is 7.97. The molecule has 0 aliphatic carbocycles. The lowest BCUT2D eigenvalue weighted by Crippen LogP contribution is -2.28. The third-order valence-electron chi connectivity index (χ3n) is 0.540. The van der Waals surface area contributed by atoms with Crippen LogP contribution in [0.5, 0.6) is 0 Å². The molecule has 0 saturated heterocycles. The van der Waals surface area contributed by atoms with Crippen LogP contribution in [-0.4, -0.2) is 31.0 Å². The minimum absolute atomic E-state index is 0.